The van der Waals surface area contributed by atoms with Gasteiger partial charge in [0.25, 0.3) is 11.8 Å². The minimum absolute atomic E-state index is 0.0266. The molecule has 3 aromatic carbocycles. The number of hydrogen-bond acceptors (Lipinski definition) is 4. The lowest BCUT2D eigenvalue weighted by atomic mass is 10.1. The van der Waals surface area contributed by atoms with Gasteiger partial charge in [0.05, 0.1) is 10.6 Å². The molecule has 0 unspecified atom stereocenters. The number of ether oxygens (including phenoxy) is 2. The summed E-state index contributed by atoms with van der Waals surface area (Å²) < 4.78 is 10.7. The fourth-order valence-electron chi connectivity index (χ4n) is 2.89. The van der Waals surface area contributed by atoms with Crippen LogP contribution < -0.4 is 20.1 Å². The second-order valence-corrected chi connectivity index (χ2v) is 7.41. The van der Waals surface area contributed by atoms with Crippen LogP contribution in [0.15, 0.2) is 72.4 Å². The Morgan fingerprint density at radius 1 is 0.903 bits per heavy atom. The molecule has 0 fully saturated rings. The maximum atomic E-state index is 13.0. The van der Waals surface area contributed by atoms with Crippen LogP contribution >= 0.6 is 23.2 Å². The van der Waals surface area contributed by atoms with Crippen molar-refractivity contribution in [1.82, 2.24) is 5.32 Å². The Morgan fingerprint density at radius 2 is 1.65 bits per heavy atom. The highest BCUT2D eigenvalue weighted by molar-refractivity contribution is 6.34. The van der Waals surface area contributed by atoms with Crippen molar-refractivity contribution in [3.8, 4) is 11.5 Å². The third-order valence-corrected chi connectivity index (χ3v) is 5.00. The van der Waals surface area contributed by atoms with Gasteiger partial charge in [0.15, 0.2) is 11.5 Å². The fraction of sp³-hybridized carbons (Fsp3) is 0.0435. The summed E-state index contributed by atoms with van der Waals surface area (Å²) in [5.41, 5.74) is 1.45. The van der Waals surface area contributed by atoms with Crippen molar-refractivity contribution in [2.75, 3.05) is 12.1 Å². The first-order valence-corrected chi connectivity index (χ1v) is 9.99. The highest BCUT2D eigenvalue weighted by atomic mass is 35.5. The summed E-state index contributed by atoms with van der Waals surface area (Å²) in [4.78, 5) is 25.7. The van der Waals surface area contributed by atoms with Crippen molar-refractivity contribution in [2.24, 2.45) is 0 Å². The maximum absolute atomic E-state index is 13.0. The van der Waals surface area contributed by atoms with Crippen LogP contribution in [0.5, 0.6) is 11.5 Å². The molecule has 0 bridgehead atoms. The number of halogens is 2. The molecule has 0 saturated carbocycles. The third-order valence-electron chi connectivity index (χ3n) is 4.42. The molecule has 3 aromatic rings. The number of fused-ring (bicyclic) bond motifs is 1. The zero-order valence-corrected chi connectivity index (χ0v) is 17.5. The van der Waals surface area contributed by atoms with E-state index in [1.54, 1.807) is 72.8 Å². The molecule has 156 valence electrons. The van der Waals surface area contributed by atoms with Gasteiger partial charge in [0.1, 0.15) is 5.70 Å². The molecule has 0 aromatic heterocycles. The van der Waals surface area contributed by atoms with Gasteiger partial charge in [-0.15, -0.1) is 0 Å². The molecule has 0 spiro atoms. The average molecular weight is 455 g/mol. The van der Waals surface area contributed by atoms with E-state index in [-0.39, 0.29) is 23.1 Å². The summed E-state index contributed by atoms with van der Waals surface area (Å²) in [6, 6.07) is 18.4. The SMILES string of the molecule is O=C(Nc1ccc(Cl)cc1)C(=Cc1ccc2c(c1)OCO2)NC(=O)c1ccccc1Cl. The van der Waals surface area contributed by atoms with Crippen LogP contribution in [-0.2, 0) is 4.79 Å². The first-order valence-electron chi connectivity index (χ1n) is 9.24. The van der Waals surface area contributed by atoms with E-state index in [9.17, 15) is 9.59 Å². The molecule has 6 nitrogen and oxygen atoms in total. The van der Waals surface area contributed by atoms with Crippen molar-refractivity contribution >= 4 is 46.8 Å². The lowest BCUT2D eigenvalue weighted by molar-refractivity contribution is -0.113. The van der Waals surface area contributed by atoms with Crippen LogP contribution in [-0.4, -0.2) is 18.6 Å². The Balaban J connectivity index is 1.64. The molecule has 1 aliphatic heterocycles. The van der Waals surface area contributed by atoms with Crippen molar-refractivity contribution < 1.29 is 19.1 Å². The van der Waals surface area contributed by atoms with Crippen LogP contribution in [0, 0.1) is 0 Å². The van der Waals surface area contributed by atoms with E-state index in [1.807, 2.05) is 0 Å². The standard InChI is InChI=1S/C23H16Cl2N2O4/c24-15-6-8-16(9-7-15)26-23(29)19(27-22(28)17-3-1-2-4-18(17)25)11-14-5-10-20-21(12-14)31-13-30-20/h1-12H,13H2,(H,26,29)(H,27,28). The van der Waals surface area contributed by atoms with Crippen LogP contribution in [0.3, 0.4) is 0 Å². The number of benzene rings is 3. The Morgan fingerprint density at radius 3 is 2.42 bits per heavy atom. The molecular weight excluding hydrogens is 439 g/mol. The molecule has 0 atom stereocenters. The normalized spacial score (nSPS) is 12.4. The molecule has 0 aliphatic carbocycles. The Bertz CT molecular complexity index is 1180. The summed E-state index contributed by atoms with van der Waals surface area (Å²) in [7, 11) is 0. The number of carbonyl (C=O) groups is 2. The lowest BCUT2D eigenvalue weighted by Crippen LogP contribution is -2.30. The van der Waals surface area contributed by atoms with Crippen LogP contribution in [0.1, 0.15) is 15.9 Å². The number of amides is 2. The second kappa shape index (κ2) is 9.12. The third kappa shape index (κ3) is 4.99. The molecule has 0 radical (unpaired) electrons. The van der Waals surface area contributed by atoms with E-state index in [0.717, 1.165) is 0 Å². The molecule has 8 heteroatoms. The number of carbonyl (C=O) groups excluding carboxylic acids is 2. The fourth-order valence-corrected chi connectivity index (χ4v) is 3.24. The summed E-state index contributed by atoms with van der Waals surface area (Å²) in [5, 5.41) is 6.21. The van der Waals surface area contributed by atoms with E-state index in [0.29, 0.717) is 27.8 Å². The van der Waals surface area contributed by atoms with Crippen molar-refractivity contribution in [3.05, 3.63) is 93.6 Å². The molecule has 31 heavy (non-hydrogen) atoms. The van der Waals surface area contributed by atoms with Gasteiger partial charge in [-0.3, -0.25) is 9.59 Å². The predicted octanol–water partition coefficient (Wildman–Crippen LogP) is 5.13. The van der Waals surface area contributed by atoms with Crippen molar-refractivity contribution in [1.29, 1.82) is 0 Å². The van der Waals surface area contributed by atoms with Gasteiger partial charge < -0.3 is 20.1 Å². The summed E-state index contributed by atoms with van der Waals surface area (Å²) in [6.45, 7) is 0.135. The van der Waals surface area contributed by atoms with Crippen molar-refractivity contribution in [2.45, 2.75) is 0 Å². The highest BCUT2D eigenvalue weighted by Gasteiger charge is 2.18. The van der Waals surface area contributed by atoms with Crippen molar-refractivity contribution in [3.63, 3.8) is 0 Å². The molecule has 2 amide bonds. The van der Waals surface area contributed by atoms with Crippen LogP contribution in [0.25, 0.3) is 6.08 Å². The Labute approximate surface area is 188 Å². The van der Waals surface area contributed by atoms with Gasteiger partial charge in [0, 0.05) is 10.7 Å². The predicted molar refractivity (Wildman–Crippen MR) is 120 cm³/mol. The van der Waals surface area contributed by atoms with E-state index < -0.39 is 11.8 Å². The number of nitrogens with one attached hydrogen (secondary N) is 2. The van der Waals surface area contributed by atoms with E-state index in [2.05, 4.69) is 10.6 Å². The molecule has 2 N–H and O–H groups in total. The Hall–Kier alpha value is -3.48. The van der Waals surface area contributed by atoms with E-state index in [1.165, 1.54) is 0 Å². The van der Waals surface area contributed by atoms with Crippen LogP contribution in [0.2, 0.25) is 10.0 Å². The summed E-state index contributed by atoms with van der Waals surface area (Å²) in [6.07, 6.45) is 1.54. The zero-order chi connectivity index (χ0) is 21.8. The molecule has 4 rings (SSSR count). The van der Waals surface area contributed by atoms with Gasteiger partial charge in [-0.1, -0.05) is 41.4 Å². The van der Waals surface area contributed by atoms with Gasteiger partial charge >= 0.3 is 0 Å². The maximum Gasteiger partial charge on any atom is 0.272 e. The van der Waals surface area contributed by atoms with Gasteiger partial charge in [-0.2, -0.15) is 0 Å². The molecule has 0 saturated heterocycles. The summed E-state index contributed by atoms with van der Waals surface area (Å²) in [5.74, 6) is 0.150. The number of hydrogen-bond donors (Lipinski definition) is 2. The number of anilines is 1. The largest absolute Gasteiger partial charge is 0.454 e. The van der Waals surface area contributed by atoms with E-state index >= 15 is 0 Å². The first-order chi connectivity index (χ1) is 15.0. The Kier molecular flexibility index (Phi) is 6.11. The second-order valence-electron chi connectivity index (χ2n) is 6.57. The number of rotatable bonds is 5. The van der Waals surface area contributed by atoms with E-state index in [4.69, 9.17) is 32.7 Å². The highest BCUT2D eigenvalue weighted by Crippen LogP contribution is 2.33. The smallest absolute Gasteiger partial charge is 0.272 e. The van der Waals surface area contributed by atoms with Gasteiger partial charge in [0.2, 0.25) is 6.79 Å². The average Bonchev–Trinajstić information content (AvgIpc) is 3.23. The van der Waals surface area contributed by atoms with Crippen LogP contribution in [0.4, 0.5) is 5.69 Å². The molecule has 1 aliphatic rings. The van der Waals surface area contributed by atoms with Gasteiger partial charge in [-0.25, -0.2) is 0 Å². The molecule has 1 heterocycles. The first kappa shape index (κ1) is 20.8. The molecular formula is C23H16Cl2N2O4. The van der Waals surface area contributed by atoms with Gasteiger partial charge in [-0.05, 0) is 60.2 Å². The topological polar surface area (TPSA) is 76.7 Å². The minimum atomic E-state index is -0.514. The summed E-state index contributed by atoms with van der Waals surface area (Å²) >= 11 is 12.0. The zero-order valence-electron chi connectivity index (χ0n) is 16.0. The monoisotopic (exact) mass is 454 g/mol. The quantitative estimate of drug-likeness (QED) is 0.523. The lowest BCUT2D eigenvalue weighted by Gasteiger charge is -2.12. The minimum Gasteiger partial charge on any atom is -0.454 e.